The predicted molar refractivity (Wildman–Crippen MR) is 116 cm³/mol. The van der Waals surface area contributed by atoms with E-state index in [2.05, 4.69) is 10.3 Å². The standard InChI is InChI=1S/C24H24N4O3/c29-24(11-9-20-17-27(26-25-20)16-18-5-2-1-3-6-18)28-12-4-7-21(28)19-8-10-22-23(15-19)31-14-13-30-22/h1-3,5-6,8-11,15,17,21H,4,7,12-14,16H2. The zero-order valence-electron chi connectivity index (χ0n) is 17.2. The number of hydrogen-bond donors (Lipinski definition) is 0. The molecule has 0 saturated carbocycles. The Kier molecular flexibility index (Phi) is 5.39. The number of carbonyl (C=O) groups excluding carboxylic acids is 1. The maximum absolute atomic E-state index is 12.9. The third-order valence-electron chi connectivity index (χ3n) is 5.63. The van der Waals surface area contributed by atoms with Gasteiger partial charge in [0, 0.05) is 12.6 Å². The highest BCUT2D eigenvalue weighted by Gasteiger charge is 2.29. The number of fused-ring (bicyclic) bond motifs is 1. The van der Waals surface area contributed by atoms with E-state index in [4.69, 9.17) is 9.47 Å². The zero-order chi connectivity index (χ0) is 21.0. The molecule has 0 aliphatic carbocycles. The number of ether oxygens (including phenoxy) is 2. The van der Waals surface area contributed by atoms with Gasteiger partial charge in [-0.1, -0.05) is 41.6 Å². The molecule has 3 heterocycles. The first-order valence-electron chi connectivity index (χ1n) is 10.6. The summed E-state index contributed by atoms with van der Waals surface area (Å²) in [6, 6.07) is 16.1. The van der Waals surface area contributed by atoms with Gasteiger partial charge in [-0.25, -0.2) is 4.68 Å². The molecule has 0 spiro atoms. The lowest BCUT2D eigenvalue weighted by Gasteiger charge is -2.26. The molecule has 1 atom stereocenters. The van der Waals surface area contributed by atoms with Gasteiger partial charge in [0.1, 0.15) is 18.9 Å². The molecule has 2 aliphatic heterocycles. The summed E-state index contributed by atoms with van der Waals surface area (Å²) in [5, 5.41) is 8.32. The van der Waals surface area contributed by atoms with Crippen LogP contribution in [0.1, 0.15) is 35.7 Å². The van der Waals surface area contributed by atoms with Gasteiger partial charge in [0.2, 0.25) is 5.91 Å². The van der Waals surface area contributed by atoms with Gasteiger partial charge in [0.05, 0.1) is 18.8 Å². The highest BCUT2D eigenvalue weighted by molar-refractivity contribution is 5.92. The van der Waals surface area contributed by atoms with Crippen LogP contribution >= 0.6 is 0 Å². The minimum absolute atomic E-state index is 0.0185. The van der Waals surface area contributed by atoms with E-state index in [1.54, 1.807) is 16.8 Å². The first-order chi connectivity index (χ1) is 15.3. The van der Waals surface area contributed by atoms with Crippen LogP contribution in [-0.2, 0) is 11.3 Å². The van der Waals surface area contributed by atoms with Crippen molar-refractivity contribution >= 4 is 12.0 Å². The molecule has 3 aromatic rings. The maximum Gasteiger partial charge on any atom is 0.247 e. The van der Waals surface area contributed by atoms with Gasteiger partial charge >= 0.3 is 0 Å². The van der Waals surface area contributed by atoms with Crippen LogP contribution in [0.15, 0.2) is 60.8 Å². The van der Waals surface area contributed by atoms with E-state index >= 15 is 0 Å². The minimum Gasteiger partial charge on any atom is -0.486 e. The van der Waals surface area contributed by atoms with E-state index < -0.39 is 0 Å². The first-order valence-corrected chi connectivity index (χ1v) is 10.6. The zero-order valence-corrected chi connectivity index (χ0v) is 17.2. The average Bonchev–Trinajstić information content (AvgIpc) is 3.48. The average molecular weight is 416 g/mol. The largest absolute Gasteiger partial charge is 0.486 e. The second-order valence-corrected chi connectivity index (χ2v) is 7.75. The summed E-state index contributed by atoms with van der Waals surface area (Å²) in [4.78, 5) is 14.8. The lowest BCUT2D eigenvalue weighted by Crippen LogP contribution is -2.29. The summed E-state index contributed by atoms with van der Waals surface area (Å²) in [6.45, 7) is 2.51. The van der Waals surface area contributed by atoms with E-state index in [-0.39, 0.29) is 11.9 Å². The van der Waals surface area contributed by atoms with Gasteiger partial charge in [0.15, 0.2) is 11.5 Å². The van der Waals surface area contributed by atoms with Crippen LogP contribution in [-0.4, -0.2) is 45.6 Å². The fourth-order valence-corrected chi connectivity index (χ4v) is 4.13. The third-order valence-corrected chi connectivity index (χ3v) is 5.63. The highest BCUT2D eigenvalue weighted by atomic mass is 16.6. The van der Waals surface area contributed by atoms with E-state index in [1.165, 1.54) is 0 Å². The van der Waals surface area contributed by atoms with Crippen molar-refractivity contribution in [1.29, 1.82) is 0 Å². The molecule has 2 aliphatic rings. The van der Waals surface area contributed by atoms with Crippen molar-refractivity contribution in [1.82, 2.24) is 19.9 Å². The molecule has 1 saturated heterocycles. The Morgan fingerprint density at radius 1 is 1.10 bits per heavy atom. The first kappa shape index (κ1) is 19.4. The van der Waals surface area contributed by atoms with E-state index in [9.17, 15) is 4.79 Å². The van der Waals surface area contributed by atoms with Crippen molar-refractivity contribution in [2.75, 3.05) is 19.8 Å². The molecule has 1 amide bonds. The molecule has 7 heteroatoms. The van der Waals surface area contributed by atoms with Crippen LogP contribution in [0.4, 0.5) is 0 Å². The quantitative estimate of drug-likeness (QED) is 0.596. The van der Waals surface area contributed by atoms with E-state index in [1.807, 2.05) is 59.6 Å². The highest BCUT2D eigenvalue weighted by Crippen LogP contribution is 2.38. The Labute approximate surface area is 180 Å². The predicted octanol–water partition coefficient (Wildman–Crippen LogP) is 3.47. The van der Waals surface area contributed by atoms with Gasteiger partial charge in [-0.15, -0.1) is 5.10 Å². The fraction of sp³-hybridized carbons (Fsp3) is 0.292. The second-order valence-electron chi connectivity index (χ2n) is 7.75. The number of aromatic nitrogens is 3. The number of nitrogens with zero attached hydrogens (tertiary/aromatic N) is 4. The minimum atomic E-state index is -0.0185. The van der Waals surface area contributed by atoms with Crippen LogP contribution < -0.4 is 9.47 Å². The van der Waals surface area contributed by atoms with Gasteiger partial charge in [-0.2, -0.15) is 0 Å². The number of hydrogen-bond acceptors (Lipinski definition) is 5. The van der Waals surface area contributed by atoms with Crippen molar-refractivity contribution in [2.24, 2.45) is 0 Å². The Balaban J connectivity index is 1.26. The Bertz CT molecular complexity index is 1090. The smallest absolute Gasteiger partial charge is 0.247 e. The van der Waals surface area contributed by atoms with Crippen LogP contribution in [0.25, 0.3) is 6.08 Å². The molecule has 0 N–H and O–H groups in total. The topological polar surface area (TPSA) is 69.5 Å². The van der Waals surface area contributed by atoms with E-state index in [0.29, 0.717) is 25.5 Å². The molecule has 0 radical (unpaired) electrons. The molecule has 7 nitrogen and oxygen atoms in total. The van der Waals surface area contributed by atoms with Crippen LogP contribution in [0.3, 0.4) is 0 Å². The van der Waals surface area contributed by atoms with Gasteiger partial charge < -0.3 is 14.4 Å². The molecule has 1 unspecified atom stereocenters. The number of amides is 1. The van der Waals surface area contributed by atoms with Crippen molar-refractivity contribution in [2.45, 2.75) is 25.4 Å². The fourth-order valence-electron chi connectivity index (χ4n) is 4.13. The number of likely N-dealkylation sites (tertiary alicyclic amines) is 1. The SMILES string of the molecule is O=C(C=Cc1cn(Cc2ccccc2)nn1)N1CCCC1c1ccc2c(c1)OCCO2. The summed E-state index contributed by atoms with van der Waals surface area (Å²) in [6.07, 6.45) is 7.08. The van der Waals surface area contributed by atoms with Crippen molar-refractivity contribution in [3.05, 3.63) is 77.6 Å². The van der Waals surface area contributed by atoms with Gasteiger partial charge in [-0.3, -0.25) is 4.79 Å². The van der Waals surface area contributed by atoms with Crippen molar-refractivity contribution in [3.63, 3.8) is 0 Å². The lowest BCUT2D eigenvalue weighted by atomic mass is 10.0. The molecule has 1 fully saturated rings. The maximum atomic E-state index is 12.9. The number of carbonyl (C=O) groups is 1. The Morgan fingerprint density at radius 2 is 1.94 bits per heavy atom. The van der Waals surface area contributed by atoms with Gasteiger partial charge in [0.25, 0.3) is 0 Å². The summed E-state index contributed by atoms with van der Waals surface area (Å²) >= 11 is 0. The molecule has 1 aromatic heterocycles. The number of rotatable bonds is 5. The summed E-state index contributed by atoms with van der Waals surface area (Å²) in [5.41, 5.74) is 2.90. The summed E-state index contributed by atoms with van der Waals surface area (Å²) in [5.74, 6) is 1.51. The van der Waals surface area contributed by atoms with Crippen molar-refractivity contribution < 1.29 is 14.3 Å². The molecule has 5 rings (SSSR count). The molecule has 158 valence electrons. The lowest BCUT2D eigenvalue weighted by molar-refractivity contribution is -0.126. The van der Waals surface area contributed by atoms with Crippen LogP contribution in [0.5, 0.6) is 11.5 Å². The monoisotopic (exact) mass is 416 g/mol. The third kappa shape index (κ3) is 4.30. The molecular formula is C24H24N4O3. The van der Waals surface area contributed by atoms with Gasteiger partial charge in [-0.05, 0) is 42.2 Å². The Morgan fingerprint density at radius 3 is 2.81 bits per heavy atom. The summed E-state index contributed by atoms with van der Waals surface area (Å²) < 4.78 is 13.1. The molecule has 2 aromatic carbocycles. The Hall–Kier alpha value is -3.61. The number of benzene rings is 2. The second kappa shape index (κ2) is 8.63. The summed E-state index contributed by atoms with van der Waals surface area (Å²) in [7, 11) is 0. The molecule has 31 heavy (non-hydrogen) atoms. The van der Waals surface area contributed by atoms with Crippen LogP contribution in [0, 0.1) is 0 Å². The van der Waals surface area contributed by atoms with Crippen molar-refractivity contribution in [3.8, 4) is 11.5 Å². The van der Waals surface area contributed by atoms with Crippen LogP contribution in [0.2, 0.25) is 0 Å². The molecule has 0 bridgehead atoms. The normalized spacial score (nSPS) is 17.9. The van der Waals surface area contributed by atoms with E-state index in [0.717, 1.165) is 42.0 Å². The molecular weight excluding hydrogens is 392 g/mol.